The smallest absolute Gasteiger partial charge is 0.337 e. The lowest BCUT2D eigenvalue weighted by Crippen LogP contribution is -2.05. The maximum Gasteiger partial charge on any atom is 0.337 e. The first-order valence-electron chi connectivity index (χ1n) is 7.73. The van der Waals surface area contributed by atoms with Gasteiger partial charge in [-0.1, -0.05) is 41.9 Å². The predicted octanol–water partition coefficient (Wildman–Crippen LogP) is 4.20. The summed E-state index contributed by atoms with van der Waals surface area (Å²) < 4.78 is 3.65. The van der Waals surface area contributed by atoms with Gasteiger partial charge >= 0.3 is 5.97 Å². The number of carboxylic acid groups (broad SMARTS) is 1. The molecule has 1 aromatic carbocycles. The second-order valence-corrected chi connectivity index (χ2v) is 6.21. The first-order valence-corrected chi connectivity index (χ1v) is 8.11. The molecule has 0 saturated carbocycles. The summed E-state index contributed by atoms with van der Waals surface area (Å²) in [4.78, 5) is 11.0. The van der Waals surface area contributed by atoms with Crippen molar-refractivity contribution in [1.82, 2.24) is 14.2 Å². The molecule has 5 nitrogen and oxygen atoms in total. The third kappa shape index (κ3) is 3.02. The molecule has 0 bridgehead atoms. The minimum absolute atomic E-state index is 0.253. The Morgan fingerprint density at radius 2 is 1.92 bits per heavy atom. The highest BCUT2D eigenvalue weighted by atomic mass is 35.5. The van der Waals surface area contributed by atoms with Gasteiger partial charge in [0.15, 0.2) is 0 Å². The van der Waals surface area contributed by atoms with Crippen LogP contribution in [-0.4, -0.2) is 25.3 Å². The number of benzene rings is 1. The SMILES string of the molecule is O=C(O)c1ccn(Cc2cc(Cl)cc3cc(-c4ccccc4)nn23)c1. The van der Waals surface area contributed by atoms with Crippen molar-refractivity contribution in [3.63, 3.8) is 0 Å². The topological polar surface area (TPSA) is 59.5 Å². The Bertz CT molecular complexity index is 1070. The monoisotopic (exact) mass is 351 g/mol. The number of carboxylic acids is 1. The van der Waals surface area contributed by atoms with Gasteiger partial charge in [-0.3, -0.25) is 0 Å². The average molecular weight is 352 g/mol. The molecule has 4 rings (SSSR count). The molecule has 0 aliphatic heterocycles. The quantitative estimate of drug-likeness (QED) is 0.599. The third-order valence-electron chi connectivity index (χ3n) is 4.01. The lowest BCUT2D eigenvalue weighted by atomic mass is 10.1. The molecular weight excluding hydrogens is 338 g/mol. The van der Waals surface area contributed by atoms with Crippen LogP contribution in [-0.2, 0) is 6.54 Å². The number of hydrogen-bond acceptors (Lipinski definition) is 2. The summed E-state index contributed by atoms with van der Waals surface area (Å²) >= 11 is 6.26. The molecule has 6 heteroatoms. The number of pyridine rings is 1. The third-order valence-corrected chi connectivity index (χ3v) is 4.23. The van der Waals surface area contributed by atoms with Gasteiger partial charge in [0.25, 0.3) is 0 Å². The molecule has 4 aromatic rings. The number of rotatable bonds is 4. The number of fused-ring (bicyclic) bond motifs is 1. The summed E-state index contributed by atoms with van der Waals surface area (Å²) in [6.45, 7) is 0.472. The van der Waals surface area contributed by atoms with E-state index in [9.17, 15) is 4.79 Å². The highest BCUT2D eigenvalue weighted by molar-refractivity contribution is 6.31. The van der Waals surface area contributed by atoms with E-state index < -0.39 is 5.97 Å². The number of carbonyl (C=O) groups is 1. The molecule has 0 aliphatic carbocycles. The molecule has 1 N–H and O–H groups in total. The summed E-state index contributed by atoms with van der Waals surface area (Å²) in [6.07, 6.45) is 3.33. The number of halogens is 1. The zero-order chi connectivity index (χ0) is 17.4. The summed E-state index contributed by atoms with van der Waals surface area (Å²) in [5.41, 5.74) is 3.91. The van der Waals surface area contributed by atoms with Gasteiger partial charge in [-0.05, 0) is 24.3 Å². The fourth-order valence-electron chi connectivity index (χ4n) is 2.85. The van der Waals surface area contributed by atoms with E-state index in [0.29, 0.717) is 11.6 Å². The molecule has 25 heavy (non-hydrogen) atoms. The van der Waals surface area contributed by atoms with Crippen LogP contribution >= 0.6 is 11.6 Å². The number of hydrogen-bond donors (Lipinski definition) is 1. The Morgan fingerprint density at radius 3 is 2.64 bits per heavy atom. The average Bonchev–Trinajstić information content (AvgIpc) is 3.22. The summed E-state index contributed by atoms with van der Waals surface area (Å²) in [5.74, 6) is -0.944. The summed E-state index contributed by atoms with van der Waals surface area (Å²) in [6, 6.07) is 17.2. The highest BCUT2D eigenvalue weighted by Gasteiger charge is 2.11. The van der Waals surface area contributed by atoms with Gasteiger partial charge in [0, 0.05) is 23.0 Å². The highest BCUT2D eigenvalue weighted by Crippen LogP contribution is 2.23. The van der Waals surface area contributed by atoms with Gasteiger partial charge in [0.05, 0.1) is 29.0 Å². The lowest BCUT2D eigenvalue weighted by molar-refractivity contribution is 0.0697. The zero-order valence-corrected chi connectivity index (χ0v) is 13.9. The molecule has 0 aliphatic rings. The van der Waals surface area contributed by atoms with Crippen molar-refractivity contribution in [2.45, 2.75) is 6.54 Å². The second-order valence-electron chi connectivity index (χ2n) is 5.77. The van der Waals surface area contributed by atoms with Gasteiger partial charge in [0.2, 0.25) is 0 Å². The predicted molar refractivity (Wildman–Crippen MR) is 96.1 cm³/mol. The van der Waals surface area contributed by atoms with E-state index >= 15 is 0 Å². The molecule has 3 heterocycles. The lowest BCUT2D eigenvalue weighted by Gasteiger charge is -2.07. The molecule has 0 unspecified atom stereocenters. The van der Waals surface area contributed by atoms with Crippen molar-refractivity contribution in [3.8, 4) is 11.3 Å². The van der Waals surface area contributed by atoms with E-state index in [0.717, 1.165) is 22.5 Å². The maximum absolute atomic E-state index is 11.0. The van der Waals surface area contributed by atoms with Crippen molar-refractivity contribution in [1.29, 1.82) is 0 Å². The van der Waals surface area contributed by atoms with Crippen molar-refractivity contribution in [3.05, 3.63) is 83.3 Å². The van der Waals surface area contributed by atoms with E-state index in [1.807, 2.05) is 53.0 Å². The Labute approximate surface area is 148 Å². The fourth-order valence-corrected chi connectivity index (χ4v) is 3.08. The van der Waals surface area contributed by atoms with E-state index in [-0.39, 0.29) is 5.56 Å². The van der Waals surface area contributed by atoms with Crippen molar-refractivity contribution in [2.75, 3.05) is 0 Å². The van der Waals surface area contributed by atoms with E-state index in [1.54, 1.807) is 23.0 Å². The van der Waals surface area contributed by atoms with Crippen LogP contribution in [0.3, 0.4) is 0 Å². The Kier molecular flexibility index (Phi) is 3.78. The van der Waals surface area contributed by atoms with Gasteiger partial charge in [-0.25, -0.2) is 9.31 Å². The molecule has 0 fully saturated rings. The molecule has 0 saturated heterocycles. The molecular formula is C19H14ClN3O2. The van der Waals surface area contributed by atoms with Gasteiger partial charge in [-0.15, -0.1) is 0 Å². The minimum atomic E-state index is -0.944. The number of aromatic carboxylic acids is 1. The normalized spacial score (nSPS) is 11.1. The number of nitrogens with zero attached hydrogens (tertiary/aromatic N) is 3. The zero-order valence-electron chi connectivity index (χ0n) is 13.1. The number of aromatic nitrogens is 3. The first kappa shape index (κ1) is 15.5. The van der Waals surface area contributed by atoms with Gasteiger partial charge < -0.3 is 9.67 Å². The van der Waals surface area contributed by atoms with Gasteiger partial charge in [0.1, 0.15) is 0 Å². The molecule has 3 aromatic heterocycles. The van der Waals surface area contributed by atoms with Crippen LogP contribution in [0.15, 0.2) is 67.0 Å². The largest absolute Gasteiger partial charge is 0.478 e. The first-order chi connectivity index (χ1) is 12.1. The van der Waals surface area contributed by atoms with E-state index in [2.05, 4.69) is 0 Å². The van der Waals surface area contributed by atoms with Crippen LogP contribution in [0.2, 0.25) is 5.02 Å². The Hall–Kier alpha value is -3.05. The molecule has 0 radical (unpaired) electrons. The standard InChI is InChI=1S/C19H14ClN3O2/c20-15-8-16-10-18(13-4-2-1-3-5-13)21-23(16)17(9-15)12-22-7-6-14(11-22)19(24)25/h1-11H,12H2,(H,24,25). The van der Waals surface area contributed by atoms with Crippen LogP contribution in [0.4, 0.5) is 0 Å². The molecule has 0 atom stereocenters. The summed E-state index contributed by atoms with van der Waals surface area (Å²) in [7, 11) is 0. The Balaban J connectivity index is 1.77. The van der Waals surface area contributed by atoms with Crippen LogP contribution < -0.4 is 0 Å². The van der Waals surface area contributed by atoms with Gasteiger partial charge in [-0.2, -0.15) is 5.10 Å². The Morgan fingerprint density at radius 1 is 1.12 bits per heavy atom. The van der Waals surface area contributed by atoms with Crippen LogP contribution in [0.5, 0.6) is 0 Å². The van der Waals surface area contributed by atoms with Crippen LogP contribution in [0, 0.1) is 0 Å². The van der Waals surface area contributed by atoms with Crippen LogP contribution in [0.1, 0.15) is 16.1 Å². The minimum Gasteiger partial charge on any atom is -0.478 e. The maximum atomic E-state index is 11.0. The molecule has 124 valence electrons. The van der Waals surface area contributed by atoms with Crippen molar-refractivity contribution >= 4 is 23.1 Å². The van der Waals surface area contributed by atoms with E-state index in [4.69, 9.17) is 21.8 Å². The van der Waals surface area contributed by atoms with Crippen molar-refractivity contribution in [2.24, 2.45) is 0 Å². The molecule has 0 spiro atoms. The van der Waals surface area contributed by atoms with Crippen molar-refractivity contribution < 1.29 is 9.90 Å². The van der Waals surface area contributed by atoms with E-state index in [1.165, 1.54) is 0 Å². The summed E-state index contributed by atoms with van der Waals surface area (Å²) in [5, 5.41) is 14.4. The molecule has 0 amide bonds. The van der Waals surface area contributed by atoms with Crippen LogP contribution in [0.25, 0.3) is 16.8 Å². The second kappa shape index (κ2) is 6.11. The fraction of sp³-hybridized carbons (Fsp3) is 0.0526.